The molecule has 2 aromatic carbocycles. The highest BCUT2D eigenvalue weighted by Gasteiger charge is 2.16. The van der Waals surface area contributed by atoms with Crippen LogP contribution >= 0.6 is 11.9 Å². The number of hydrogen-bond acceptors (Lipinski definition) is 7. The number of aryl methyl sites for hydroxylation is 1. The first-order valence-corrected chi connectivity index (χ1v) is 14.0. The zero-order chi connectivity index (χ0) is 26.6. The predicted molar refractivity (Wildman–Crippen MR) is 155 cm³/mol. The molecular formula is C30H29FN6OS. The van der Waals surface area contributed by atoms with Crippen molar-refractivity contribution in [3.63, 3.8) is 0 Å². The lowest BCUT2D eigenvalue weighted by Crippen LogP contribution is -2.23. The molecule has 1 aliphatic rings. The summed E-state index contributed by atoms with van der Waals surface area (Å²) < 4.78 is 24.3. The van der Waals surface area contributed by atoms with Crippen molar-refractivity contribution < 1.29 is 9.13 Å². The van der Waals surface area contributed by atoms with Crippen molar-refractivity contribution in [3.8, 4) is 22.8 Å². The van der Waals surface area contributed by atoms with E-state index in [9.17, 15) is 0 Å². The molecule has 0 bridgehead atoms. The van der Waals surface area contributed by atoms with Crippen LogP contribution < -0.4 is 14.8 Å². The van der Waals surface area contributed by atoms with E-state index in [1.807, 2.05) is 25.1 Å². The summed E-state index contributed by atoms with van der Waals surface area (Å²) in [6.07, 6.45) is 11.0. The third-order valence-electron chi connectivity index (χ3n) is 6.82. The minimum absolute atomic E-state index is 0.122. The van der Waals surface area contributed by atoms with Crippen LogP contribution in [-0.2, 0) is 0 Å². The summed E-state index contributed by atoms with van der Waals surface area (Å²) >= 11 is 1.43. The molecule has 1 aliphatic carbocycles. The third-order valence-corrected chi connectivity index (χ3v) is 7.64. The molecule has 9 heteroatoms. The smallest absolute Gasteiger partial charge is 0.223 e. The van der Waals surface area contributed by atoms with E-state index >= 15 is 4.39 Å². The maximum Gasteiger partial charge on any atom is 0.223 e. The van der Waals surface area contributed by atoms with Gasteiger partial charge in [-0.2, -0.15) is 0 Å². The number of halogens is 1. The Bertz CT molecular complexity index is 1600. The minimum atomic E-state index is -0.470. The van der Waals surface area contributed by atoms with E-state index in [1.165, 1.54) is 37.3 Å². The maximum absolute atomic E-state index is 15.1. The average Bonchev–Trinajstić information content (AvgIpc) is 3.33. The van der Waals surface area contributed by atoms with Crippen LogP contribution in [0.3, 0.4) is 0 Å². The molecule has 0 atom stereocenters. The Hall–Kier alpha value is -4.11. The van der Waals surface area contributed by atoms with Crippen LogP contribution in [0.5, 0.6) is 11.5 Å². The molecule has 7 nitrogen and oxygen atoms in total. The van der Waals surface area contributed by atoms with E-state index in [4.69, 9.17) is 9.72 Å². The van der Waals surface area contributed by atoms with Gasteiger partial charge in [0.15, 0.2) is 11.6 Å². The lowest BCUT2D eigenvalue weighted by atomic mass is 9.96. The number of H-pyrrole nitrogens is 1. The van der Waals surface area contributed by atoms with Crippen LogP contribution in [0.15, 0.2) is 78.1 Å². The number of aromatic nitrogens is 4. The normalized spacial score (nSPS) is 13.9. The average molecular weight is 541 g/mol. The van der Waals surface area contributed by atoms with E-state index in [0.29, 0.717) is 34.7 Å². The Morgan fingerprint density at radius 1 is 0.974 bits per heavy atom. The van der Waals surface area contributed by atoms with Gasteiger partial charge in [-0.3, -0.25) is 4.98 Å². The monoisotopic (exact) mass is 540 g/mol. The number of rotatable bonds is 8. The summed E-state index contributed by atoms with van der Waals surface area (Å²) in [6, 6.07) is 17.0. The van der Waals surface area contributed by atoms with Gasteiger partial charge in [0.05, 0.1) is 11.3 Å². The minimum Gasteiger partial charge on any atom is -0.453 e. The number of aromatic amines is 1. The van der Waals surface area contributed by atoms with Crippen molar-refractivity contribution in [2.75, 3.05) is 10.0 Å². The van der Waals surface area contributed by atoms with E-state index in [0.717, 1.165) is 34.3 Å². The van der Waals surface area contributed by atoms with Gasteiger partial charge in [-0.15, -0.1) is 0 Å². The van der Waals surface area contributed by atoms with Gasteiger partial charge >= 0.3 is 0 Å². The van der Waals surface area contributed by atoms with Gasteiger partial charge in [-0.1, -0.05) is 19.3 Å². The first-order valence-electron chi connectivity index (χ1n) is 13.1. The summed E-state index contributed by atoms with van der Waals surface area (Å²) in [4.78, 5) is 17.7. The molecule has 5 aromatic rings. The highest BCUT2D eigenvalue weighted by Crippen LogP contribution is 2.35. The van der Waals surface area contributed by atoms with Crippen LogP contribution in [0.4, 0.5) is 16.0 Å². The molecule has 3 N–H and O–H groups in total. The Morgan fingerprint density at radius 3 is 2.74 bits per heavy atom. The molecule has 0 spiro atoms. The number of benzene rings is 2. The number of hydrogen-bond donors (Lipinski definition) is 3. The van der Waals surface area contributed by atoms with Gasteiger partial charge in [0.1, 0.15) is 5.75 Å². The topological polar surface area (TPSA) is 87.8 Å². The fourth-order valence-corrected chi connectivity index (χ4v) is 5.56. The second kappa shape index (κ2) is 11.3. The number of fused-ring (bicyclic) bond motifs is 1. The van der Waals surface area contributed by atoms with Crippen LogP contribution in [0, 0.1) is 12.7 Å². The molecule has 0 amide bonds. The van der Waals surface area contributed by atoms with Gasteiger partial charge in [-0.05, 0) is 80.2 Å². The molecule has 39 heavy (non-hydrogen) atoms. The molecule has 0 aliphatic heterocycles. The molecule has 1 fully saturated rings. The van der Waals surface area contributed by atoms with Gasteiger partial charge in [0.25, 0.3) is 0 Å². The van der Waals surface area contributed by atoms with Gasteiger partial charge in [0, 0.05) is 57.9 Å². The van der Waals surface area contributed by atoms with Crippen molar-refractivity contribution in [1.82, 2.24) is 19.9 Å². The van der Waals surface area contributed by atoms with Crippen molar-refractivity contribution in [1.29, 1.82) is 0 Å². The van der Waals surface area contributed by atoms with Crippen molar-refractivity contribution >= 4 is 34.5 Å². The van der Waals surface area contributed by atoms with Gasteiger partial charge in [-0.25, -0.2) is 14.4 Å². The molecule has 3 heterocycles. The van der Waals surface area contributed by atoms with Crippen molar-refractivity contribution in [2.24, 2.45) is 0 Å². The summed E-state index contributed by atoms with van der Waals surface area (Å²) in [5.74, 6) is 0.703. The number of nitrogens with zero attached hydrogens (tertiary/aromatic N) is 3. The van der Waals surface area contributed by atoms with Gasteiger partial charge < -0.3 is 19.8 Å². The zero-order valence-electron chi connectivity index (χ0n) is 21.6. The second-order valence-electron chi connectivity index (χ2n) is 9.77. The quantitative estimate of drug-likeness (QED) is 0.171. The summed E-state index contributed by atoms with van der Waals surface area (Å²) in [6.45, 7) is 2.03. The Kier molecular flexibility index (Phi) is 7.31. The Labute approximate surface area is 230 Å². The van der Waals surface area contributed by atoms with Crippen LogP contribution in [-0.4, -0.2) is 26.0 Å². The molecule has 0 radical (unpaired) electrons. The molecule has 198 valence electrons. The molecule has 6 rings (SSSR count). The number of anilines is 2. The second-order valence-corrected chi connectivity index (χ2v) is 10.6. The van der Waals surface area contributed by atoms with E-state index < -0.39 is 5.82 Å². The summed E-state index contributed by atoms with van der Waals surface area (Å²) in [5, 5.41) is 4.60. The number of pyridine rings is 1. The van der Waals surface area contributed by atoms with E-state index in [2.05, 4.69) is 37.1 Å². The lowest BCUT2D eigenvalue weighted by molar-refractivity contribution is 0.443. The molecule has 3 aromatic heterocycles. The lowest BCUT2D eigenvalue weighted by Gasteiger charge is -2.22. The van der Waals surface area contributed by atoms with Crippen molar-refractivity contribution in [3.05, 3.63) is 84.7 Å². The Morgan fingerprint density at radius 2 is 1.87 bits per heavy atom. The number of nitrogens with one attached hydrogen (secondary N) is 3. The molecular weight excluding hydrogens is 511 g/mol. The molecule has 0 saturated heterocycles. The van der Waals surface area contributed by atoms with Crippen LogP contribution in [0.1, 0.15) is 37.8 Å². The van der Waals surface area contributed by atoms with Crippen molar-refractivity contribution in [2.45, 2.75) is 50.0 Å². The number of ether oxygens (including phenoxy) is 1. The summed E-state index contributed by atoms with van der Waals surface area (Å²) in [7, 11) is 0. The predicted octanol–water partition coefficient (Wildman–Crippen LogP) is 8.12. The van der Waals surface area contributed by atoms with Crippen LogP contribution in [0.25, 0.3) is 22.2 Å². The first kappa shape index (κ1) is 25.2. The maximum atomic E-state index is 15.1. The van der Waals surface area contributed by atoms with E-state index in [-0.39, 0.29) is 5.75 Å². The fourth-order valence-electron chi connectivity index (χ4n) is 4.87. The van der Waals surface area contributed by atoms with Gasteiger partial charge in [0.2, 0.25) is 5.95 Å². The SMILES string of the molecule is Cc1cc2cc(SNc3ccc(Oc4ccncc4-c4ccnc(NC5CCCCC5)n4)c(F)c3)ccc2[nH]1. The zero-order valence-corrected chi connectivity index (χ0v) is 22.4. The van der Waals surface area contributed by atoms with Crippen LogP contribution in [0.2, 0.25) is 0 Å². The third kappa shape index (κ3) is 5.98. The largest absolute Gasteiger partial charge is 0.453 e. The molecule has 0 unspecified atom stereocenters. The highest BCUT2D eigenvalue weighted by molar-refractivity contribution is 8.00. The fraction of sp³-hybridized carbons (Fsp3) is 0.233. The Balaban J connectivity index is 1.15. The summed E-state index contributed by atoms with van der Waals surface area (Å²) in [5.41, 5.74) is 4.18. The molecule has 1 saturated carbocycles. The standard InChI is InChI=1S/C30H29FN6OS/c1-19-15-20-16-23(8-9-26(20)34-19)39-37-22-7-10-29(25(31)17-22)38-28-12-13-32-18-24(28)27-11-14-33-30(36-27)35-21-5-3-2-4-6-21/h7-18,21,34,37H,2-6H2,1H3,(H,33,35,36). The first-order chi connectivity index (χ1) is 19.1. The van der Waals surface area contributed by atoms with E-state index in [1.54, 1.807) is 36.8 Å². The highest BCUT2D eigenvalue weighted by atomic mass is 32.2.